The summed E-state index contributed by atoms with van der Waals surface area (Å²) in [5, 5.41) is 1.72. The molecule has 10 nitrogen and oxygen atoms in total. The zero-order valence-corrected chi connectivity index (χ0v) is 29.8. The van der Waals surface area contributed by atoms with Crippen molar-refractivity contribution in [2.75, 3.05) is 43.4 Å². The Hall–Kier alpha value is -4.22. The van der Waals surface area contributed by atoms with E-state index < -0.39 is 58.3 Å². The number of benzene rings is 1. The molecule has 0 spiro atoms. The minimum atomic E-state index is -4.93. The highest BCUT2D eigenvalue weighted by molar-refractivity contribution is 7.10. The Morgan fingerprint density at radius 3 is 2.72 bits per heavy atom. The van der Waals surface area contributed by atoms with Gasteiger partial charge in [-0.2, -0.15) is 23.1 Å². The zero-order valence-electron chi connectivity index (χ0n) is 28.3. The van der Waals surface area contributed by atoms with Crippen molar-refractivity contribution in [3.05, 3.63) is 56.5 Å². The molecule has 4 aliphatic heterocycles. The number of fused-ring (bicyclic) bond motifs is 3. The van der Waals surface area contributed by atoms with Crippen LogP contribution >= 0.6 is 22.9 Å². The number of amides is 1. The van der Waals surface area contributed by atoms with Gasteiger partial charge in [-0.25, -0.2) is 23.1 Å². The number of nitrogens with two attached hydrogens (primary N) is 1. The van der Waals surface area contributed by atoms with E-state index in [0.717, 1.165) is 18.6 Å². The minimum absolute atomic E-state index is 0.00760. The van der Waals surface area contributed by atoms with Gasteiger partial charge in [0, 0.05) is 49.1 Å². The topological polar surface area (TPSA) is 114 Å². The van der Waals surface area contributed by atoms with Crippen LogP contribution in [0.3, 0.4) is 0 Å². The Labute approximate surface area is 308 Å². The van der Waals surface area contributed by atoms with Gasteiger partial charge in [0.2, 0.25) is 0 Å². The number of ether oxygens (including phenoxy) is 1. The molecule has 4 fully saturated rings. The molecule has 8 rings (SSSR count). The number of hydrogen-bond donors (Lipinski definition) is 1. The van der Waals surface area contributed by atoms with Gasteiger partial charge in [-0.3, -0.25) is 9.69 Å². The predicted molar refractivity (Wildman–Crippen MR) is 188 cm³/mol. The van der Waals surface area contributed by atoms with E-state index in [1.807, 2.05) is 9.80 Å². The maximum atomic E-state index is 16.9. The van der Waals surface area contributed by atoms with Gasteiger partial charge in [0.15, 0.2) is 11.6 Å². The maximum Gasteiger partial charge on any atom is 0.418 e. The first-order chi connectivity index (χ1) is 25.2. The van der Waals surface area contributed by atoms with Crippen LogP contribution in [0.5, 0.6) is 6.01 Å². The Balaban J connectivity index is 1.21. The van der Waals surface area contributed by atoms with Crippen LogP contribution in [0.1, 0.15) is 48.2 Å². The first-order valence-electron chi connectivity index (χ1n) is 17.1. The molecule has 4 atom stereocenters. The van der Waals surface area contributed by atoms with Crippen molar-refractivity contribution in [2.45, 2.75) is 69.0 Å². The molecule has 2 unspecified atom stereocenters. The minimum Gasteiger partial charge on any atom is -0.461 e. The van der Waals surface area contributed by atoms with Gasteiger partial charge in [-0.05, 0) is 56.8 Å². The molecule has 0 radical (unpaired) electrons. The SMILES string of the molecule is Cc1cc(N)nc(-c2c(Cl)cc3c(N4CCC5C4CCN5C(=O)/C(F)=C/c4nccs4)nc(OC[C@]45CCCN4C[C@H](F)C5)nc3c2F)c1C(F)(F)F. The van der Waals surface area contributed by atoms with Gasteiger partial charge < -0.3 is 20.3 Å². The Kier molecular flexibility index (Phi) is 8.96. The summed E-state index contributed by atoms with van der Waals surface area (Å²) in [5.74, 6) is -3.00. The molecular formula is C35H33ClF6N8O2S. The fraction of sp³-hybridized carbons (Fsp3) is 0.457. The van der Waals surface area contributed by atoms with Crippen molar-refractivity contribution in [1.82, 2.24) is 29.7 Å². The van der Waals surface area contributed by atoms with Gasteiger partial charge in [-0.1, -0.05) is 11.6 Å². The molecule has 1 aromatic carbocycles. The number of nitrogen functional groups attached to an aromatic ring is 1. The first kappa shape index (κ1) is 35.8. The maximum absolute atomic E-state index is 16.9. The summed E-state index contributed by atoms with van der Waals surface area (Å²) in [7, 11) is 0. The Morgan fingerprint density at radius 2 is 1.96 bits per heavy atom. The van der Waals surface area contributed by atoms with E-state index in [-0.39, 0.29) is 71.3 Å². The number of anilines is 2. The standard InChI is InChI=1S/C35H33ClF6N8O2S/c1-17-11-24(43)45-30(27(17)35(40,41)42)26-20(36)12-19-29(28(26)39)46-33(52-16-34-5-2-7-48(34)15-18(37)14-34)47-31(19)49-8-3-23-22(49)4-9-50(23)32(51)21(38)13-25-44-6-10-53-25/h6,10-13,18,22-23H,2-5,7-9,14-16H2,1H3,(H2,43,45)/b21-13-/t18-,22?,23?,34-/m1/s1. The first-order valence-corrected chi connectivity index (χ1v) is 18.4. The summed E-state index contributed by atoms with van der Waals surface area (Å²) in [6.07, 6.45) is -0.748. The predicted octanol–water partition coefficient (Wildman–Crippen LogP) is 7.00. The zero-order chi connectivity index (χ0) is 37.4. The number of alkyl halides is 4. The van der Waals surface area contributed by atoms with Crippen LogP contribution in [0.4, 0.5) is 38.0 Å². The largest absolute Gasteiger partial charge is 0.461 e. The Morgan fingerprint density at radius 1 is 1.17 bits per heavy atom. The molecule has 3 aromatic heterocycles. The third-order valence-corrected chi connectivity index (χ3v) is 11.9. The summed E-state index contributed by atoms with van der Waals surface area (Å²) in [6.45, 7) is 2.72. The Bertz CT molecular complexity index is 2140. The van der Waals surface area contributed by atoms with Gasteiger partial charge in [0.25, 0.3) is 5.91 Å². The number of nitrogens with zero attached hydrogens (tertiary/aromatic N) is 7. The molecule has 53 heavy (non-hydrogen) atoms. The van der Waals surface area contributed by atoms with E-state index in [1.165, 1.54) is 35.4 Å². The van der Waals surface area contributed by atoms with E-state index in [9.17, 15) is 22.4 Å². The van der Waals surface area contributed by atoms with E-state index in [0.29, 0.717) is 37.4 Å². The van der Waals surface area contributed by atoms with Crippen molar-refractivity contribution < 1.29 is 35.9 Å². The highest BCUT2D eigenvalue weighted by atomic mass is 35.5. The second-order valence-electron chi connectivity index (χ2n) is 14.0. The number of aromatic nitrogens is 4. The number of thiazole rings is 1. The summed E-state index contributed by atoms with van der Waals surface area (Å²) in [4.78, 5) is 35.6. The smallest absolute Gasteiger partial charge is 0.418 e. The van der Waals surface area contributed by atoms with Crippen molar-refractivity contribution in [1.29, 1.82) is 0 Å². The molecule has 0 bridgehead atoms. The van der Waals surface area contributed by atoms with Gasteiger partial charge in [0.1, 0.15) is 34.9 Å². The van der Waals surface area contributed by atoms with Crippen molar-refractivity contribution >= 4 is 57.5 Å². The number of pyridine rings is 1. The number of carbonyl (C=O) groups is 1. The van der Waals surface area contributed by atoms with E-state index in [1.54, 1.807) is 5.38 Å². The second-order valence-corrected chi connectivity index (χ2v) is 15.3. The highest BCUT2D eigenvalue weighted by Gasteiger charge is 2.50. The van der Waals surface area contributed by atoms with Crippen molar-refractivity contribution in [3.63, 3.8) is 0 Å². The van der Waals surface area contributed by atoms with Gasteiger partial charge >= 0.3 is 12.2 Å². The number of hydrogen-bond acceptors (Lipinski definition) is 10. The summed E-state index contributed by atoms with van der Waals surface area (Å²) in [5.41, 5.74) is 1.97. The molecule has 7 heterocycles. The lowest BCUT2D eigenvalue weighted by Gasteiger charge is -2.31. The molecular weight excluding hydrogens is 746 g/mol. The lowest BCUT2D eigenvalue weighted by Crippen LogP contribution is -2.43. The third kappa shape index (κ3) is 6.23. The van der Waals surface area contributed by atoms with Gasteiger partial charge in [0.05, 0.1) is 39.5 Å². The number of halogens is 7. The number of rotatable bonds is 7. The second kappa shape index (κ2) is 13.3. The van der Waals surface area contributed by atoms with E-state index >= 15 is 8.78 Å². The van der Waals surface area contributed by atoms with Crippen LogP contribution < -0.4 is 15.4 Å². The van der Waals surface area contributed by atoms with Crippen LogP contribution in [0.25, 0.3) is 28.2 Å². The van der Waals surface area contributed by atoms with Crippen LogP contribution in [0.2, 0.25) is 5.02 Å². The average molecular weight is 779 g/mol. The van der Waals surface area contributed by atoms with Crippen LogP contribution in [0, 0.1) is 12.7 Å². The lowest BCUT2D eigenvalue weighted by atomic mass is 9.95. The molecule has 0 aliphatic carbocycles. The number of likely N-dealkylation sites (tertiary alicyclic amines) is 1. The molecule has 1 amide bonds. The number of aryl methyl sites for hydroxylation is 1. The monoisotopic (exact) mass is 778 g/mol. The quantitative estimate of drug-likeness (QED) is 0.157. The number of carbonyl (C=O) groups excluding carboxylic acids is 1. The molecule has 280 valence electrons. The van der Waals surface area contributed by atoms with Gasteiger partial charge in [-0.15, -0.1) is 11.3 Å². The third-order valence-electron chi connectivity index (χ3n) is 10.8. The van der Waals surface area contributed by atoms with Crippen molar-refractivity contribution in [3.8, 4) is 17.3 Å². The van der Waals surface area contributed by atoms with E-state index in [4.69, 9.17) is 27.1 Å². The fourth-order valence-electron chi connectivity index (χ4n) is 8.66. The molecule has 4 aromatic rings. The van der Waals surface area contributed by atoms with Crippen LogP contribution in [-0.2, 0) is 11.0 Å². The molecule has 4 aliphatic rings. The molecule has 2 N–H and O–H groups in total. The lowest BCUT2D eigenvalue weighted by molar-refractivity contribution is -0.137. The van der Waals surface area contributed by atoms with E-state index in [2.05, 4.69) is 15.0 Å². The fourth-order valence-corrected chi connectivity index (χ4v) is 9.50. The van der Waals surface area contributed by atoms with Crippen molar-refractivity contribution in [2.24, 2.45) is 0 Å². The highest BCUT2D eigenvalue weighted by Crippen LogP contribution is 2.46. The summed E-state index contributed by atoms with van der Waals surface area (Å²) >= 11 is 7.83. The van der Waals surface area contributed by atoms with Crippen LogP contribution in [0.15, 0.2) is 29.5 Å². The molecule has 18 heteroatoms. The molecule has 0 saturated carbocycles. The molecule has 4 saturated heterocycles. The summed E-state index contributed by atoms with van der Waals surface area (Å²) < 4.78 is 95.9. The van der Waals surface area contributed by atoms with Crippen LogP contribution in [-0.4, -0.2) is 92.2 Å². The average Bonchev–Trinajstić information content (AvgIpc) is 3.91. The normalized spacial score (nSPS) is 24.8. The summed E-state index contributed by atoms with van der Waals surface area (Å²) in [6, 6.07) is 1.27.